The molecule has 2 rings (SSSR count). The Hall–Kier alpha value is -2.82. The molecule has 140 valence electrons. The van der Waals surface area contributed by atoms with Gasteiger partial charge in [-0.15, -0.1) is 0 Å². The molecule has 1 N–H and O–H groups in total. The molecule has 0 aliphatic carbocycles. The monoisotopic (exact) mass is 390 g/mol. The molecule has 0 fully saturated rings. The van der Waals surface area contributed by atoms with Crippen LogP contribution in [-0.2, 0) is 16.4 Å². The van der Waals surface area contributed by atoms with E-state index in [-0.39, 0.29) is 12.2 Å². The van der Waals surface area contributed by atoms with Crippen molar-refractivity contribution < 1.29 is 31.2 Å². The van der Waals surface area contributed by atoms with E-state index in [1.165, 1.54) is 7.11 Å². The van der Waals surface area contributed by atoms with Crippen LogP contribution in [0, 0.1) is 10.1 Å². The second kappa shape index (κ2) is 7.20. The zero-order chi connectivity index (χ0) is 19.5. The molecule has 0 radical (unpaired) electrons. The minimum absolute atomic E-state index is 0.105. The lowest BCUT2D eigenvalue weighted by atomic mass is 10.2. The topological polar surface area (TPSA) is 98.5 Å². The number of nitrogens with zero attached hydrogens (tertiary/aromatic N) is 1. The van der Waals surface area contributed by atoms with E-state index in [1.807, 2.05) is 0 Å². The molecular formula is C15H13F3N2O5S. The first-order valence-electron chi connectivity index (χ1n) is 7.03. The lowest BCUT2D eigenvalue weighted by Crippen LogP contribution is -2.23. The SMILES string of the molecule is COc1ccc(CNc2ccc(S(=O)(=O)C(F)(F)F)cc2[N+](=O)[O-])cc1. The van der Waals surface area contributed by atoms with Crippen LogP contribution in [0.2, 0.25) is 0 Å². The van der Waals surface area contributed by atoms with E-state index in [0.717, 1.165) is 11.6 Å². The summed E-state index contributed by atoms with van der Waals surface area (Å²) in [5, 5.41) is 13.8. The number of sulfone groups is 1. The summed E-state index contributed by atoms with van der Waals surface area (Å²) in [5.41, 5.74) is -5.69. The Kier molecular flexibility index (Phi) is 5.40. The van der Waals surface area contributed by atoms with Crippen molar-refractivity contribution in [2.24, 2.45) is 0 Å². The van der Waals surface area contributed by atoms with Gasteiger partial charge in [-0.3, -0.25) is 10.1 Å². The summed E-state index contributed by atoms with van der Waals surface area (Å²) in [4.78, 5) is 8.98. The van der Waals surface area contributed by atoms with Gasteiger partial charge in [0.2, 0.25) is 0 Å². The summed E-state index contributed by atoms with van der Waals surface area (Å²) < 4.78 is 65.6. The fourth-order valence-electron chi connectivity index (χ4n) is 2.05. The first kappa shape index (κ1) is 19.5. The molecule has 0 bridgehead atoms. The van der Waals surface area contributed by atoms with Crippen molar-refractivity contribution in [2.75, 3.05) is 12.4 Å². The summed E-state index contributed by atoms with van der Waals surface area (Å²) in [7, 11) is -4.18. The normalized spacial score (nSPS) is 11.8. The average Bonchev–Trinajstić information content (AvgIpc) is 2.59. The van der Waals surface area contributed by atoms with Crippen molar-refractivity contribution in [3.05, 3.63) is 58.1 Å². The summed E-state index contributed by atoms with van der Waals surface area (Å²) in [6.07, 6.45) is 0. The van der Waals surface area contributed by atoms with E-state index >= 15 is 0 Å². The van der Waals surface area contributed by atoms with Crippen LogP contribution < -0.4 is 10.1 Å². The van der Waals surface area contributed by atoms with Crippen LogP contribution in [0.3, 0.4) is 0 Å². The van der Waals surface area contributed by atoms with Crippen LogP contribution in [0.15, 0.2) is 47.4 Å². The lowest BCUT2D eigenvalue weighted by Gasteiger charge is -2.11. The number of rotatable bonds is 6. The van der Waals surface area contributed by atoms with Crippen LogP contribution in [-0.4, -0.2) is 26.0 Å². The van der Waals surface area contributed by atoms with Crippen molar-refractivity contribution in [1.82, 2.24) is 0 Å². The first-order chi connectivity index (χ1) is 12.1. The molecule has 0 unspecified atom stereocenters. The highest BCUT2D eigenvalue weighted by molar-refractivity contribution is 7.92. The van der Waals surface area contributed by atoms with Gasteiger partial charge in [-0.2, -0.15) is 13.2 Å². The molecule has 26 heavy (non-hydrogen) atoms. The first-order valence-corrected chi connectivity index (χ1v) is 8.51. The molecule has 0 amide bonds. The summed E-state index contributed by atoms with van der Waals surface area (Å²) in [6.45, 7) is 0.135. The van der Waals surface area contributed by atoms with Gasteiger partial charge in [-0.1, -0.05) is 12.1 Å². The summed E-state index contributed by atoms with van der Waals surface area (Å²) in [5.74, 6) is 0.612. The van der Waals surface area contributed by atoms with Gasteiger partial charge in [0, 0.05) is 12.6 Å². The van der Waals surface area contributed by atoms with E-state index in [0.29, 0.717) is 17.9 Å². The van der Waals surface area contributed by atoms with Crippen molar-refractivity contribution >= 4 is 21.2 Å². The van der Waals surface area contributed by atoms with Gasteiger partial charge in [-0.25, -0.2) is 8.42 Å². The van der Waals surface area contributed by atoms with Crippen LogP contribution in [0.25, 0.3) is 0 Å². The lowest BCUT2D eigenvalue weighted by molar-refractivity contribution is -0.384. The molecule has 0 saturated carbocycles. The number of alkyl halides is 3. The predicted molar refractivity (Wildman–Crippen MR) is 86.7 cm³/mol. The molecule has 11 heteroatoms. The Morgan fingerprint density at radius 2 is 1.77 bits per heavy atom. The highest BCUT2D eigenvalue weighted by Gasteiger charge is 2.47. The zero-order valence-electron chi connectivity index (χ0n) is 13.3. The molecule has 2 aromatic rings. The number of benzene rings is 2. The third-order valence-corrected chi connectivity index (χ3v) is 4.91. The fourth-order valence-corrected chi connectivity index (χ4v) is 2.83. The Balaban J connectivity index is 2.30. The van der Waals surface area contributed by atoms with Gasteiger partial charge in [0.15, 0.2) is 0 Å². The van der Waals surface area contributed by atoms with Crippen LogP contribution in [0.4, 0.5) is 24.5 Å². The van der Waals surface area contributed by atoms with Crippen molar-refractivity contribution in [2.45, 2.75) is 16.9 Å². The molecule has 7 nitrogen and oxygen atoms in total. The number of nitro groups is 1. The number of nitro benzene ring substituents is 1. The Morgan fingerprint density at radius 3 is 2.27 bits per heavy atom. The number of methoxy groups -OCH3 is 1. The minimum atomic E-state index is -5.67. The number of hydrogen-bond donors (Lipinski definition) is 1. The summed E-state index contributed by atoms with van der Waals surface area (Å²) >= 11 is 0. The largest absolute Gasteiger partial charge is 0.501 e. The van der Waals surface area contributed by atoms with Crippen LogP contribution >= 0.6 is 0 Å². The molecule has 0 aliphatic rings. The molecule has 2 aromatic carbocycles. The van der Waals surface area contributed by atoms with Crippen molar-refractivity contribution in [3.63, 3.8) is 0 Å². The quantitative estimate of drug-likeness (QED) is 0.599. The van der Waals surface area contributed by atoms with E-state index in [4.69, 9.17) is 4.74 Å². The van der Waals surface area contributed by atoms with E-state index in [9.17, 15) is 31.7 Å². The Labute approximate surface area is 146 Å². The van der Waals surface area contributed by atoms with E-state index in [2.05, 4.69) is 5.32 Å². The maximum Gasteiger partial charge on any atom is 0.501 e. The number of nitrogens with one attached hydrogen (secondary N) is 1. The molecule has 0 aromatic heterocycles. The predicted octanol–water partition coefficient (Wildman–Crippen LogP) is 3.51. The van der Waals surface area contributed by atoms with Gasteiger partial charge in [-0.05, 0) is 29.8 Å². The second-order valence-electron chi connectivity index (χ2n) is 5.09. The number of hydrogen-bond acceptors (Lipinski definition) is 6. The van der Waals surface area contributed by atoms with Crippen molar-refractivity contribution in [1.29, 1.82) is 0 Å². The Bertz CT molecular complexity index is 912. The van der Waals surface area contributed by atoms with Gasteiger partial charge in [0.1, 0.15) is 11.4 Å². The second-order valence-corrected chi connectivity index (χ2v) is 7.03. The third kappa shape index (κ3) is 4.04. The molecule has 0 aliphatic heterocycles. The van der Waals surface area contributed by atoms with Gasteiger partial charge in [0.05, 0.1) is 16.9 Å². The number of halogens is 3. The van der Waals surface area contributed by atoms with Crippen LogP contribution in [0.1, 0.15) is 5.56 Å². The summed E-state index contributed by atoms with van der Waals surface area (Å²) in [6, 6.07) is 8.72. The smallest absolute Gasteiger partial charge is 0.497 e. The van der Waals surface area contributed by atoms with E-state index in [1.54, 1.807) is 24.3 Å². The number of ether oxygens (including phenoxy) is 1. The maximum absolute atomic E-state index is 12.6. The zero-order valence-corrected chi connectivity index (χ0v) is 14.1. The standard InChI is InChI=1S/C15H13F3N2O5S/c1-25-11-4-2-10(3-5-11)9-19-13-7-6-12(8-14(13)20(21)22)26(23,24)15(16,17)18/h2-8,19H,9H2,1H3. The maximum atomic E-state index is 12.6. The molecule has 0 saturated heterocycles. The van der Waals surface area contributed by atoms with Crippen LogP contribution in [0.5, 0.6) is 5.75 Å². The van der Waals surface area contributed by atoms with Gasteiger partial charge >= 0.3 is 5.51 Å². The van der Waals surface area contributed by atoms with E-state index < -0.39 is 30.9 Å². The fraction of sp³-hybridized carbons (Fsp3) is 0.200. The van der Waals surface area contributed by atoms with Gasteiger partial charge < -0.3 is 10.1 Å². The number of anilines is 1. The molecule has 0 heterocycles. The highest BCUT2D eigenvalue weighted by Crippen LogP contribution is 2.34. The van der Waals surface area contributed by atoms with Crippen molar-refractivity contribution in [3.8, 4) is 5.75 Å². The Morgan fingerprint density at radius 1 is 1.15 bits per heavy atom. The molecule has 0 atom stereocenters. The van der Waals surface area contributed by atoms with Gasteiger partial charge in [0.25, 0.3) is 15.5 Å². The average molecular weight is 390 g/mol. The molecule has 0 spiro atoms. The highest BCUT2D eigenvalue weighted by atomic mass is 32.2. The third-order valence-electron chi connectivity index (χ3n) is 3.42. The minimum Gasteiger partial charge on any atom is -0.497 e. The molecular weight excluding hydrogens is 377 g/mol.